The highest BCUT2D eigenvalue weighted by molar-refractivity contribution is 9.10. The normalized spacial score (nSPS) is 16.2. The van der Waals surface area contributed by atoms with Crippen LogP contribution in [0, 0.1) is 0 Å². The fourth-order valence-electron chi connectivity index (χ4n) is 2.70. The van der Waals surface area contributed by atoms with Crippen LogP contribution in [0.15, 0.2) is 51.6 Å². The lowest BCUT2D eigenvalue weighted by Gasteiger charge is -2.20. The molecule has 24 heavy (non-hydrogen) atoms. The van der Waals surface area contributed by atoms with Gasteiger partial charge in [-0.25, -0.2) is 0 Å². The van der Waals surface area contributed by atoms with Gasteiger partial charge in [-0.05, 0) is 49.6 Å². The monoisotopic (exact) mass is 390 g/mol. The van der Waals surface area contributed by atoms with E-state index in [0.717, 1.165) is 22.9 Å². The third kappa shape index (κ3) is 3.53. The van der Waals surface area contributed by atoms with Gasteiger partial charge in [-0.15, -0.1) is 0 Å². The first kappa shape index (κ1) is 16.8. The van der Waals surface area contributed by atoms with Crippen molar-refractivity contribution < 1.29 is 14.0 Å². The first-order chi connectivity index (χ1) is 11.5. The number of benzene rings is 1. The van der Waals surface area contributed by atoms with Crippen LogP contribution >= 0.6 is 15.9 Å². The second kappa shape index (κ2) is 6.81. The second-order valence-electron chi connectivity index (χ2n) is 6.08. The Morgan fingerprint density at radius 1 is 1.29 bits per heavy atom. The molecular weight excluding hydrogens is 372 g/mol. The van der Waals surface area contributed by atoms with E-state index in [9.17, 15) is 9.59 Å². The fourth-order valence-corrected chi connectivity index (χ4v) is 3.10. The van der Waals surface area contributed by atoms with Crippen molar-refractivity contribution in [1.82, 2.24) is 10.6 Å². The van der Waals surface area contributed by atoms with E-state index in [1.807, 2.05) is 24.3 Å². The first-order valence-corrected chi connectivity index (χ1v) is 8.68. The molecule has 1 aromatic carbocycles. The Bertz CT molecular complexity index is 738. The Kier molecular flexibility index (Phi) is 4.76. The number of amides is 2. The molecule has 0 bridgehead atoms. The Balaban J connectivity index is 1.58. The van der Waals surface area contributed by atoms with Gasteiger partial charge in [0.2, 0.25) is 11.8 Å². The SMILES string of the molecule is CC(NC(=O)C1(c2cccc(Br)c2)CC1)C(=O)NCc1ccco1. The largest absolute Gasteiger partial charge is 0.467 e. The van der Waals surface area contributed by atoms with E-state index >= 15 is 0 Å². The van der Waals surface area contributed by atoms with E-state index in [0.29, 0.717) is 12.3 Å². The number of nitrogens with one attached hydrogen (secondary N) is 2. The zero-order chi connectivity index (χ0) is 17.2. The number of furan rings is 1. The summed E-state index contributed by atoms with van der Waals surface area (Å²) in [5, 5.41) is 5.59. The summed E-state index contributed by atoms with van der Waals surface area (Å²) in [6, 6.07) is 10.7. The van der Waals surface area contributed by atoms with Gasteiger partial charge < -0.3 is 15.1 Å². The zero-order valence-corrected chi connectivity index (χ0v) is 14.9. The van der Waals surface area contributed by atoms with Crippen molar-refractivity contribution in [3.63, 3.8) is 0 Å². The van der Waals surface area contributed by atoms with Crippen molar-refractivity contribution in [3.05, 3.63) is 58.5 Å². The number of carbonyl (C=O) groups is 2. The second-order valence-corrected chi connectivity index (χ2v) is 7.00. The molecule has 1 aromatic heterocycles. The summed E-state index contributed by atoms with van der Waals surface area (Å²) in [4.78, 5) is 24.8. The Morgan fingerprint density at radius 3 is 2.71 bits per heavy atom. The van der Waals surface area contributed by atoms with E-state index < -0.39 is 11.5 Å². The Labute approximate surface area is 148 Å². The van der Waals surface area contributed by atoms with Crippen LogP contribution in [0.5, 0.6) is 0 Å². The van der Waals surface area contributed by atoms with Crippen LogP contribution in [-0.4, -0.2) is 17.9 Å². The number of carbonyl (C=O) groups excluding carboxylic acids is 2. The third-order valence-electron chi connectivity index (χ3n) is 4.32. The van der Waals surface area contributed by atoms with Crippen molar-refractivity contribution in [2.75, 3.05) is 0 Å². The number of hydrogen-bond donors (Lipinski definition) is 2. The van der Waals surface area contributed by atoms with Crippen molar-refractivity contribution in [1.29, 1.82) is 0 Å². The average molecular weight is 391 g/mol. The smallest absolute Gasteiger partial charge is 0.242 e. The number of halogens is 1. The quantitative estimate of drug-likeness (QED) is 0.796. The fraction of sp³-hybridized carbons (Fsp3) is 0.333. The molecule has 1 aliphatic carbocycles. The molecule has 1 saturated carbocycles. The molecule has 0 radical (unpaired) electrons. The van der Waals surface area contributed by atoms with Crippen LogP contribution in [0.3, 0.4) is 0 Å². The summed E-state index contributed by atoms with van der Waals surface area (Å²) in [5.41, 5.74) is 0.483. The van der Waals surface area contributed by atoms with E-state index in [2.05, 4.69) is 26.6 Å². The number of rotatable bonds is 6. The Morgan fingerprint density at radius 2 is 2.08 bits per heavy atom. The van der Waals surface area contributed by atoms with Crippen molar-refractivity contribution in [3.8, 4) is 0 Å². The van der Waals surface area contributed by atoms with Crippen LogP contribution in [0.1, 0.15) is 31.1 Å². The molecule has 126 valence electrons. The molecule has 2 aromatic rings. The summed E-state index contributed by atoms with van der Waals surface area (Å²) < 4.78 is 6.12. The van der Waals surface area contributed by atoms with Gasteiger partial charge in [0.15, 0.2) is 0 Å². The van der Waals surface area contributed by atoms with Crippen LogP contribution < -0.4 is 10.6 Å². The van der Waals surface area contributed by atoms with Gasteiger partial charge in [-0.1, -0.05) is 28.1 Å². The standard InChI is InChI=1S/C18H19BrN2O3/c1-12(16(22)20-11-15-6-3-9-24-15)21-17(23)18(7-8-18)13-4-2-5-14(19)10-13/h2-6,9-10,12H,7-8,11H2,1H3,(H,20,22)(H,21,23). The average Bonchev–Trinajstić information content (AvgIpc) is 3.22. The van der Waals surface area contributed by atoms with Crippen molar-refractivity contribution in [2.24, 2.45) is 0 Å². The lowest BCUT2D eigenvalue weighted by molar-refractivity contribution is -0.130. The predicted octanol–water partition coefficient (Wildman–Crippen LogP) is 2.89. The minimum atomic E-state index is -0.600. The summed E-state index contributed by atoms with van der Waals surface area (Å²) in [7, 11) is 0. The van der Waals surface area contributed by atoms with Gasteiger partial charge in [0.05, 0.1) is 18.2 Å². The van der Waals surface area contributed by atoms with E-state index in [1.54, 1.807) is 25.3 Å². The molecule has 1 aliphatic rings. The molecule has 5 nitrogen and oxygen atoms in total. The molecule has 1 heterocycles. The molecule has 3 rings (SSSR count). The molecule has 2 N–H and O–H groups in total. The van der Waals surface area contributed by atoms with Gasteiger partial charge in [-0.2, -0.15) is 0 Å². The highest BCUT2D eigenvalue weighted by Gasteiger charge is 2.51. The summed E-state index contributed by atoms with van der Waals surface area (Å²) >= 11 is 3.44. The highest BCUT2D eigenvalue weighted by atomic mass is 79.9. The minimum Gasteiger partial charge on any atom is -0.467 e. The van der Waals surface area contributed by atoms with E-state index in [1.165, 1.54) is 0 Å². The maximum absolute atomic E-state index is 12.7. The van der Waals surface area contributed by atoms with E-state index in [-0.39, 0.29) is 11.8 Å². The molecule has 1 atom stereocenters. The Hall–Kier alpha value is -2.08. The van der Waals surface area contributed by atoms with Crippen molar-refractivity contribution >= 4 is 27.7 Å². The lowest BCUT2D eigenvalue weighted by Crippen LogP contribution is -2.48. The van der Waals surface area contributed by atoms with Gasteiger partial charge in [0.1, 0.15) is 11.8 Å². The van der Waals surface area contributed by atoms with Gasteiger partial charge in [0.25, 0.3) is 0 Å². The molecule has 0 spiro atoms. The molecule has 1 unspecified atom stereocenters. The van der Waals surface area contributed by atoms with Crippen LogP contribution in [0.2, 0.25) is 0 Å². The molecule has 2 amide bonds. The van der Waals surface area contributed by atoms with Crippen molar-refractivity contribution in [2.45, 2.75) is 37.8 Å². The first-order valence-electron chi connectivity index (χ1n) is 7.88. The summed E-state index contributed by atoms with van der Waals surface area (Å²) in [6.07, 6.45) is 3.16. The topological polar surface area (TPSA) is 71.3 Å². The maximum Gasteiger partial charge on any atom is 0.242 e. The van der Waals surface area contributed by atoms with Crippen LogP contribution in [-0.2, 0) is 21.5 Å². The van der Waals surface area contributed by atoms with Gasteiger partial charge in [-0.3, -0.25) is 9.59 Å². The summed E-state index contributed by atoms with van der Waals surface area (Å²) in [5.74, 6) is 0.348. The summed E-state index contributed by atoms with van der Waals surface area (Å²) in [6.45, 7) is 2.00. The molecular formula is C18H19BrN2O3. The number of hydrogen-bond acceptors (Lipinski definition) is 3. The zero-order valence-electron chi connectivity index (χ0n) is 13.3. The van der Waals surface area contributed by atoms with Crippen LogP contribution in [0.4, 0.5) is 0 Å². The van der Waals surface area contributed by atoms with E-state index in [4.69, 9.17) is 4.42 Å². The minimum absolute atomic E-state index is 0.0961. The maximum atomic E-state index is 12.7. The molecule has 6 heteroatoms. The van der Waals surface area contributed by atoms with Gasteiger partial charge >= 0.3 is 0 Å². The lowest BCUT2D eigenvalue weighted by atomic mass is 9.95. The molecule has 0 saturated heterocycles. The third-order valence-corrected chi connectivity index (χ3v) is 4.81. The van der Waals surface area contributed by atoms with Crippen LogP contribution in [0.25, 0.3) is 0 Å². The molecule has 0 aliphatic heterocycles. The molecule has 1 fully saturated rings. The van der Waals surface area contributed by atoms with Gasteiger partial charge in [0, 0.05) is 4.47 Å². The predicted molar refractivity (Wildman–Crippen MR) is 93.2 cm³/mol. The highest BCUT2D eigenvalue weighted by Crippen LogP contribution is 2.48.